The van der Waals surface area contributed by atoms with Gasteiger partial charge in [0.1, 0.15) is 23.9 Å². The smallest absolute Gasteiger partial charge is 0.292 e. The van der Waals surface area contributed by atoms with Crippen LogP contribution in [0.3, 0.4) is 0 Å². The Balaban J connectivity index is 1.33. The molecule has 5 rings (SSSR count). The van der Waals surface area contributed by atoms with Gasteiger partial charge in [-0.2, -0.15) is 9.78 Å². The number of nitrogens with zero attached hydrogens (tertiary/aromatic N) is 6. The molecule has 39 heavy (non-hydrogen) atoms. The third kappa shape index (κ3) is 5.45. The summed E-state index contributed by atoms with van der Waals surface area (Å²) >= 11 is 6.05. The fraction of sp³-hybridized carbons (Fsp3) is 0.0769. The van der Waals surface area contributed by atoms with Gasteiger partial charge in [-0.1, -0.05) is 53.2 Å². The van der Waals surface area contributed by atoms with E-state index in [2.05, 4.69) is 35.8 Å². The molecule has 2 heterocycles. The Morgan fingerprint density at radius 2 is 1.87 bits per heavy atom. The second-order valence-electron chi connectivity index (χ2n) is 8.19. The molecule has 0 radical (unpaired) electrons. The van der Waals surface area contributed by atoms with E-state index in [0.29, 0.717) is 33.3 Å². The number of nitrogens with two attached hydrogens (primary N) is 1. The number of rotatable bonds is 8. The van der Waals surface area contributed by atoms with E-state index in [1.54, 1.807) is 49.4 Å². The summed E-state index contributed by atoms with van der Waals surface area (Å²) in [5.41, 5.74) is 10.8. The van der Waals surface area contributed by atoms with Gasteiger partial charge in [-0.15, -0.1) is 5.10 Å². The van der Waals surface area contributed by atoms with Crippen molar-refractivity contribution >= 4 is 29.0 Å². The second-order valence-corrected chi connectivity index (χ2v) is 8.60. The Bertz CT molecular complexity index is 1630. The molecule has 0 bridgehead atoms. The molecule has 0 aliphatic rings. The number of hydrogen-bond acceptors (Lipinski definition) is 9. The van der Waals surface area contributed by atoms with Crippen molar-refractivity contribution < 1.29 is 18.6 Å². The van der Waals surface area contributed by atoms with Gasteiger partial charge in [-0.25, -0.2) is 14.4 Å². The van der Waals surface area contributed by atoms with Crippen LogP contribution in [0.5, 0.6) is 5.75 Å². The molecule has 0 fully saturated rings. The molecule has 0 aliphatic carbocycles. The zero-order chi connectivity index (χ0) is 27.4. The summed E-state index contributed by atoms with van der Waals surface area (Å²) in [5, 5.41) is 20.0. The highest BCUT2D eigenvalue weighted by molar-refractivity contribution is 6.31. The van der Waals surface area contributed by atoms with E-state index in [-0.39, 0.29) is 29.5 Å². The number of amides is 1. The lowest BCUT2D eigenvalue weighted by Gasteiger charge is -2.10. The van der Waals surface area contributed by atoms with Crippen molar-refractivity contribution in [3.8, 4) is 22.8 Å². The molecule has 5 aromatic rings. The first-order valence-corrected chi connectivity index (χ1v) is 11.9. The number of benzene rings is 3. The van der Waals surface area contributed by atoms with E-state index in [9.17, 15) is 9.18 Å². The van der Waals surface area contributed by atoms with Gasteiger partial charge < -0.3 is 10.5 Å². The first-order chi connectivity index (χ1) is 18.9. The fourth-order valence-electron chi connectivity index (χ4n) is 3.63. The van der Waals surface area contributed by atoms with Crippen LogP contribution in [-0.4, -0.2) is 36.9 Å². The van der Waals surface area contributed by atoms with E-state index in [1.165, 1.54) is 12.1 Å². The van der Waals surface area contributed by atoms with Crippen LogP contribution in [0.2, 0.25) is 5.02 Å². The molecular formula is C26H20ClFN8O3. The predicted molar refractivity (Wildman–Crippen MR) is 141 cm³/mol. The highest BCUT2D eigenvalue weighted by atomic mass is 35.5. The van der Waals surface area contributed by atoms with E-state index < -0.39 is 11.7 Å². The lowest BCUT2D eigenvalue weighted by molar-refractivity contribution is 0.0947. The SMILES string of the molecule is CC(=NNC(=O)c1c(-c2ccccc2)nnn1-c1nonc1N)c1ccc(OCc2c(F)cccc2Cl)cc1. The van der Waals surface area contributed by atoms with Crippen LogP contribution >= 0.6 is 11.6 Å². The number of ether oxygens (including phenoxy) is 1. The summed E-state index contributed by atoms with van der Waals surface area (Å²) < 4.78 is 25.5. The maximum Gasteiger partial charge on any atom is 0.292 e. The van der Waals surface area contributed by atoms with Gasteiger partial charge in [0.05, 0.1) is 10.7 Å². The minimum Gasteiger partial charge on any atom is -0.489 e. The zero-order valence-electron chi connectivity index (χ0n) is 20.4. The average molecular weight is 547 g/mol. The number of carbonyl (C=O) groups is 1. The first kappa shape index (κ1) is 25.5. The Morgan fingerprint density at radius 3 is 2.56 bits per heavy atom. The summed E-state index contributed by atoms with van der Waals surface area (Å²) in [5.74, 6) is -0.582. The molecule has 196 valence electrons. The number of hydrogen-bond donors (Lipinski definition) is 2. The van der Waals surface area contributed by atoms with Crippen molar-refractivity contribution in [3.05, 3.63) is 100 Å². The zero-order valence-corrected chi connectivity index (χ0v) is 21.1. The highest BCUT2D eigenvalue weighted by Crippen LogP contribution is 2.25. The van der Waals surface area contributed by atoms with Crippen LogP contribution in [0, 0.1) is 5.82 Å². The summed E-state index contributed by atoms with van der Waals surface area (Å²) in [7, 11) is 0. The molecule has 3 aromatic carbocycles. The standard InChI is InChI=1S/C26H20ClFN8O3/c1-15(16-10-12-18(13-11-16)38-14-19-20(27)8-5-9-21(19)28)30-32-26(37)23-22(17-6-3-2-4-7-17)31-35-36(23)25-24(29)33-39-34-25/h2-13H,14H2,1H3,(H2,29,33)(H,32,37). The molecule has 13 heteroatoms. The Morgan fingerprint density at radius 1 is 1.10 bits per heavy atom. The van der Waals surface area contributed by atoms with E-state index in [4.69, 9.17) is 22.1 Å². The average Bonchev–Trinajstić information content (AvgIpc) is 3.58. The number of hydrazone groups is 1. The van der Waals surface area contributed by atoms with Gasteiger partial charge in [-0.05, 0) is 59.2 Å². The molecule has 0 spiro atoms. The van der Waals surface area contributed by atoms with Gasteiger partial charge in [0.15, 0.2) is 5.69 Å². The van der Waals surface area contributed by atoms with Gasteiger partial charge in [0.2, 0.25) is 11.6 Å². The summed E-state index contributed by atoms with van der Waals surface area (Å²) in [6, 6.07) is 20.4. The molecule has 1 amide bonds. The summed E-state index contributed by atoms with van der Waals surface area (Å²) in [4.78, 5) is 13.3. The summed E-state index contributed by atoms with van der Waals surface area (Å²) in [6.45, 7) is 1.70. The largest absolute Gasteiger partial charge is 0.489 e. The van der Waals surface area contributed by atoms with Crippen LogP contribution in [0.15, 0.2) is 82.5 Å². The molecular weight excluding hydrogens is 527 g/mol. The Kier molecular flexibility index (Phi) is 7.28. The monoisotopic (exact) mass is 546 g/mol. The van der Waals surface area contributed by atoms with Crippen molar-refractivity contribution in [1.29, 1.82) is 0 Å². The minimum absolute atomic E-state index is 0.0165. The fourth-order valence-corrected chi connectivity index (χ4v) is 3.85. The van der Waals surface area contributed by atoms with Crippen molar-refractivity contribution in [2.24, 2.45) is 5.10 Å². The van der Waals surface area contributed by atoms with E-state index in [0.717, 1.165) is 4.68 Å². The number of nitrogen functional groups attached to an aromatic ring is 1. The molecule has 3 N–H and O–H groups in total. The van der Waals surface area contributed by atoms with Crippen molar-refractivity contribution in [2.75, 3.05) is 5.73 Å². The normalized spacial score (nSPS) is 11.4. The molecule has 0 aliphatic heterocycles. The van der Waals surface area contributed by atoms with Crippen LogP contribution in [0.25, 0.3) is 17.1 Å². The highest BCUT2D eigenvalue weighted by Gasteiger charge is 2.26. The quantitative estimate of drug-likeness (QED) is 0.215. The molecule has 0 saturated heterocycles. The summed E-state index contributed by atoms with van der Waals surface area (Å²) in [6.07, 6.45) is 0. The van der Waals surface area contributed by atoms with Crippen molar-refractivity contribution in [1.82, 2.24) is 30.7 Å². The number of nitrogens with one attached hydrogen (secondary N) is 1. The third-order valence-electron chi connectivity index (χ3n) is 5.67. The van der Waals surface area contributed by atoms with Crippen LogP contribution < -0.4 is 15.9 Å². The van der Waals surface area contributed by atoms with E-state index >= 15 is 0 Å². The third-order valence-corrected chi connectivity index (χ3v) is 6.02. The second kappa shape index (κ2) is 11.1. The van der Waals surface area contributed by atoms with Crippen LogP contribution in [0.4, 0.5) is 10.2 Å². The number of anilines is 1. The van der Waals surface area contributed by atoms with Gasteiger partial charge >= 0.3 is 0 Å². The number of carbonyl (C=O) groups excluding carboxylic acids is 1. The minimum atomic E-state index is -0.609. The lowest BCUT2D eigenvalue weighted by Crippen LogP contribution is -2.23. The van der Waals surface area contributed by atoms with Crippen molar-refractivity contribution in [2.45, 2.75) is 13.5 Å². The predicted octanol–water partition coefficient (Wildman–Crippen LogP) is 4.43. The Hall–Kier alpha value is -5.10. The lowest BCUT2D eigenvalue weighted by atomic mass is 10.1. The number of halogens is 2. The Labute approximate surface area is 226 Å². The van der Waals surface area contributed by atoms with Crippen molar-refractivity contribution in [3.63, 3.8) is 0 Å². The van der Waals surface area contributed by atoms with Gasteiger partial charge in [0.25, 0.3) is 5.91 Å². The molecule has 0 unspecified atom stereocenters. The maximum absolute atomic E-state index is 14.0. The molecule has 2 aromatic heterocycles. The number of aromatic nitrogens is 5. The molecule has 11 nitrogen and oxygen atoms in total. The molecule has 0 saturated carbocycles. The van der Waals surface area contributed by atoms with Crippen LogP contribution in [0.1, 0.15) is 28.5 Å². The topological polar surface area (TPSA) is 146 Å². The van der Waals surface area contributed by atoms with Gasteiger partial charge in [0, 0.05) is 11.1 Å². The van der Waals surface area contributed by atoms with Crippen LogP contribution in [-0.2, 0) is 6.61 Å². The van der Waals surface area contributed by atoms with Gasteiger partial charge in [-0.3, -0.25) is 4.79 Å². The first-order valence-electron chi connectivity index (χ1n) is 11.5. The maximum atomic E-state index is 14.0. The molecule has 0 atom stereocenters. The van der Waals surface area contributed by atoms with E-state index in [1.807, 2.05) is 18.2 Å².